The molecule has 0 aromatic heterocycles. The van der Waals surface area contributed by atoms with Gasteiger partial charge in [-0.2, -0.15) is 0 Å². The van der Waals surface area contributed by atoms with E-state index in [-0.39, 0.29) is 5.92 Å². The minimum absolute atomic E-state index is 0.153. The molecule has 0 amide bonds. The summed E-state index contributed by atoms with van der Waals surface area (Å²) in [7, 11) is -3.34. The molecule has 4 nitrogen and oxygen atoms in total. The Morgan fingerprint density at radius 3 is 2.62 bits per heavy atom. The van der Waals surface area contributed by atoms with Gasteiger partial charge in [0.25, 0.3) is 0 Å². The van der Waals surface area contributed by atoms with Gasteiger partial charge in [-0.15, -0.1) is 0 Å². The van der Waals surface area contributed by atoms with Crippen molar-refractivity contribution in [3.8, 4) is 0 Å². The monoisotopic (exact) mass is 351 g/mol. The second kappa shape index (κ2) is 7.29. The van der Waals surface area contributed by atoms with Gasteiger partial charge in [0, 0.05) is 29.1 Å². The van der Waals surface area contributed by atoms with Crippen LogP contribution in [0.2, 0.25) is 10.0 Å². The van der Waals surface area contributed by atoms with E-state index in [1.807, 2.05) is 0 Å². The molecular formula is C14H19Cl2NO3S. The average molecular weight is 352 g/mol. The fourth-order valence-corrected chi connectivity index (χ4v) is 4.93. The lowest BCUT2D eigenvalue weighted by atomic mass is 9.93. The maximum Gasteiger partial charge on any atom is 0.214 e. The summed E-state index contributed by atoms with van der Waals surface area (Å²) in [5.41, 5.74) is 0.785. The minimum Gasteiger partial charge on any atom is -0.381 e. The number of rotatable bonds is 5. The van der Waals surface area contributed by atoms with E-state index in [0.29, 0.717) is 42.6 Å². The van der Waals surface area contributed by atoms with Gasteiger partial charge in [-0.1, -0.05) is 36.2 Å². The number of hydrogen-bond donors (Lipinski definition) is 1. The molecule has 2 rings (SSSR count). The molecule has 0 bridgehead atoms. The topological polar surface area (TPSA) is 55.4 Å². The molecule has 0 aliphatic carbocycles. The van der Waals surface area contributed by atoms with Crippen molar-refractivity contribution in [1.29, 1.82) is 0 Å². The summed E-state index contributed by atoms with van der Waals surface area (Å²) >= 11 is 12.4. The van der Waals surface area contributed by atoms with Crippen molar-refractivity contribution in [3.05, 3.63) is 33.8 Å². The third kappa shape index (κ3) is 4.11. The van der Waals surface area contributed by atoms with E-state index in [1.165, 1.54) is 0 Å². The minimum atomic E-state index is -3.34. The van der Waals surface area contributed by atoms with Crippen LogP contribution in [0, 0.1) is 5.92 Å². The molecular weight excluding hydrogens is 333 g/mol. The quantitative estimate of drug-likeness (QED) is 0.887. The van der Waals surface area contributed by atoms with E-state index in [0.717, 1.165) is 5.56 Å². The van der Waals surface area contributed by atoms with Crippen LogP contribution in [0.25, 0.3) is 0 Å². The Kier molecular flexibility index (Phi) is 5.91. The van der Waals surface area contributed by atoms with Gasteiger partial charge >= 0.3 is 0 Å². The highest BCUT2D eigenvalue weighted by Gasteiger charge is 2.36. The molecule has 1 saturated heterocycles. The van der Waals surface area contributed by atoms with Crippen molar-refractivity contribution < 1.29 is 13.2 Å². The summed E-state index contributed by atoms with van der Waals surface area (Å²) < 4.78 is 32.7. The van der Waals surface area contributed by atoms with Gasteiger partial charge in [0.15, 0.2) is 0 Å². The van der Waals surface area contributed by atoms with Crippen LogP contribution in [-0.2, 0) is 21.2 Å². The molecule has 2 unspecified atom stereocenters. The first-order chi connectivity index (χ1) is 9.95. The van der Waals surface area contributed by atoms with Gasteiger partial charge in [-0.3, -0.25) is 0 Å². The van der Waals surface area contributed by atoms with Gasteiger partial charge in [0.1, 0.15) is 0 Å². The maximum absolute atomic E-state index is 12.3. The van der Waals surface area contributed by atoms with Crippen LogP contribution >= 0.6 is 23.2 Å². The van der Waals surface area contributed by atoms with E-state index in [1.54, 1.807) is 25.1 Å². The molecule has 118 valence electrons. The summed E-state index contributed by atoms with van der Waals surface area (Å²) in [4.78, 5) is 0. The molecule has 1 aliphatic rings. The highest BCUT2D eigenvalue weighted by molar-refractivity contribution is 7.90. The fraction of sp³-hybridized carbons (Fsp3) is 0.571. The molecule has 1 aliphatic heterocycles. The lowest BCUT2D eigenvalue weighted by Crippen LogP contribution is -2.44. The second-order valence-corrected chi connectivity index (χ2v) is 7.91. The number of sulfonamides is 1. The molecule has 1 aromatic rings. The summed E-state index contributed by atoms with van der Waals surface area (Å²) in [5, 5.41) is 0.652. The zero-order valence-electron chi connectivity index (χ0n) is 11.8. The Balaban J connectivity index is 2.24. The van der Waals surface area contributed by atoms with Gasteiger partial charge in [-0.25, -0.2) is 13.1 Å². The van der Waals surface area contributed by atoms with Crippen molar-refractivity contribution >= 4 is 33.2 Å². The van der Waals surface area contributed by atoms with E-state index in [4.69, 9.17) is 27.9 Å². The second-order valence-electron chi connectivity index (χ2n) is 5.11. The van der Waals surface area contributed by atoms with Gasteiger partial charge in [-0.05, 0) is 30.5 Å². The molecule has 1 N–H and O–H groups in total. The molecule has 2 atom stereocenters. The van der Waals surface area contributed by atoms with Crippen molar-refractivity contribution in [3.63, 3.8) is 0 Å². The highest BCUT2D eigenvalue weighted by Crippen LogP contribution is 2.31. The number of hydrogen-bond acceptors (Lipinski definition) is 3. The van der Waals surface area contributed by atoms with Crippen LogP contribution in [0.1, 0.15) is 18.9 Å². The summed E-state index contributed by atoms with van der Waals surface area (Å²) in [5.74, 6) is -0.153. The van der Waals surface area contributed by atoms with Crippen LogP contribution in [0.4, 0.5) is 0 Å². The lowest BCUT2D eigenvalue weighted by Gasteiger charge is -2.31. The Morgan fingerprint density at radius 1 is 1.33 bits per heavy atom. The molecule has 0 saturated carbocycles. The van der Waals surface area contributed by atoms with E-state index in [2.05, 4.69) is 4.72 Å². The molecule has 21 heavy (non-hydrogen) atoms. The molecule has 1 fully saturated rings. The Morgan fingerprint density at radius 2 is 2.00 bits per heavy atom. The van der Waals surface area contributed by atoms with Crippen LogP contribution in [0.3, 0.4) is 0 Å². The van der Waals surface area contributed by atoms with Gasteiger partial charge in [0.2, 0.25) is 10.0 Å². The van der Waals surface area contributed by atoms with Gasteiger partial charge < -0.3 is 4.74 Å². The number of ether oxygens (including phenoxy) is 1. The average Bonchev–Trinajstić information content (AvgIpc) is 2.43. The largest absolute Gasteiger partial charge is 0.381 e. The summed E-state index contributed by atoms with van der Waals surface area (Å²) in [6.07, 6.45) is 0.982. The molecule has 0 spiro atoms. The van der Waals surface area contributed by atoms with Crippen molar-refractivity contribution in [2.24, 2.45) is 5.92 Å². The van der Waals surface area contributed by atoms with E-state index in [9.17, 15) is 8.42 Å². The smallest absolute Gasteiger partial charge is 0.214 e. The Bertz CT molecular complexity index is 572. The lowest BCUT2D eigenvalue weighted by molar-refractivity contribution is 0.0570. The number of benzene rings is 1. The molecule has 1 heterocycles. The van der Waals surface area contributed by atoms with Gasteiger partial charge in [0.05, 0.1) is 11.9 Å². The van der Waals surface area contributed by atoms with Crippen molar-refractivity contribution in [1.82, 2.24) is 4.72 Å². The first-order valence-corrected chi connectivity index (χ1v) is 9.25. The fourth-order valence-electron chi connectivity index (χ4n) is 2.67. The first-order valence-electron chi connectivity index (χ1n) is 6.94. The third-order valence-electron chi connectivity index (χ3n) is 3.68. The zero-order valence-corrected chi connectivity index (χ0v) is 14.1. The highest BCUT2D eigenvalue weighted by atomic mass is 35.5. The number of nitrogens with one attached hydrogen (secondary N) is 1. The van der Waals surface area contributed by atoms with E-state index < -0.39 is 15.3 Å². The van der Waals surface area contributed by atoms with E-state index >= 15 is 0 Å². The van der Waals surface area contributed by atoms with Crippen molar-refractivity contribution in [2.45, 2.75) is 25.0 Å². The molecule has 1 aromatic carbocycles. The SMILES string of the molecule is CCNS(=O)(=O)C1CCOCC1Cc1c(Cl)cccc1Cl. The van der Waals surface area contributed by atoms with Crippen molar-refractivity contribution in [2.75, 3.05) is 19.8 Å². The standard InChI is InChI=1S/C14H19Cl2NO3S/c1-2-17-21(18,19)14-6-7-20-9-10(14)8-11-12(15)4-3-5-13(11)16/h3-5,10,14,17H,2,6-9H2,1H3. The maximum atomic E-state index is 12.3. The number of halogens is 2. The Labute approximate surface area is 135 Å². The summed E-state index contributed by atoms with van der Waals surface area (Å²) in [6.45, 7) is 3.02. The van der Waals surface area contributed by atoms with Crippen LogP contribution < -0.4 is 4.72 Å². The Hall–Kier alpha value is -0.330. The third-order valence-corrected chi connectivity index (χ3v) is 6.49. The predicted octanol–water partition coefficient (Wildman–Crippen LogP) is 2.88. The first kappa shape index (κ1) is 17.0. The zero-order chi connectivity index (χ0) is 15.5. The normalized spacial score (nSPS) is 23.2. The van der Waals surface area contributed by atoms with Crippen LogP contribution in [0.5, 0.6) is 0 Å². The van der Waals surface area contributed by atoms with Crippen LogP contribution in [0.15, 0.2) is 18.2 Å². The van der Waals surface area contributed by atoms with Crippen LogP contribution in [-0.4, -0.2) is 33.4 Å². The summed E-state index contributed by atoms with van der Waals surface area (Å²) in [6, 6.07) is 5.30. The molecule has 0 radical (unpaired) electrons. The molecule has 7 heteroatoms. The predicted molar refractivity (Wildman–Crippen MR) is 85.5 cm³/mol.